The molecule has 1 amide bonds. The van der Waals surface area contributed by atoms with Crippen LogP contribution in [0, 0.1) is 6.92 Å². The van der Waals surface area contributed by atoms with Crippen molar-refractivity contribution in [2.24, 2.45) is 5.16 Å². The Balaban J connectivity index is 1.61. The minimum atomic E-state index is -0.440. The molecule has 1 aromatic rings. The Kier molecular flexibility index (Phi) is 3.24. The van der Waals surface area contributed by atoms with Crippen molar-refractivity contribution in [2.45, 2.75) is 51.2 Å². The molecule has 3 rings (SSSR count). The highest BCUT2D eigenvalue weighted by Crippen LogP contribution is 2.39. The lowest BCUT2D eigenvalue weighted by Gasteiger charge is -2.19. The van der Waals surface area contributed by atoms with Crippen molar-refractivity contribution in [3.05, 3.63) is 35.4 Å². The fourth-order valence-corrected chi connectivity index (χ4v) is 2.69. The minimum absolute atomic E-state index is 0.0317. The molecule has 4 nitrogen and oxygen atoms in total. The average molecular weight is 272 g/mol. The maximum Gasteiger partial charge on any atom is 0.264 e. The lowest BCUT2D eigenvalue weighted by atomic mass is 10.0. The van der Waals surface area contributed by atoms with Crippen molar-refractivity contribution in [3.8, 4) is 0 Å². The Morgan fingerprint density at radius 3 is 2.85 bits per heavy atom. The first-order valence-electron chi connectivity index (χ1n) is 7.13. The van der Waals surface area contributed by atoms with Crippen LogP contribution in [0.3, 0.4) is 0 Å². The zero-order valence-electron chi connectivity index (χ0n) is 12.0. The molecule has 1 heterocycles. The summed E-state index contributed by atoms with van der Waals surface area (Å²) in [6, 6.07) is 8.47. The summed E-state index contributed by atoms with van der Waals surface area (Å²) in [5.41, 5.74) is 3.36. The summed E-state index contributed by atoms with van der Waals surface area (Å²) in [6.07, 6.45) is 3.14. The summed E-state index contributed by atoms with van der Waals surface area (Å²) in [4.78, 5) is 17.3. The van der Waals surface area contributed by atoms with Crippen LogP contribution in [0.15, 0.2) is 29.4 Å². The van der Waals surface area contributed by atoms with E-state index in [1.165, 1.54) is 11.1 Å². The first kappa shape index (κ1) is 13.2. The number of hydrogen-bond donors (Lipinski definition) is 1. The number of rotatable bonds is 4. The average Bonchev–Trinajstić information content (AvgIpc) is 2.98. The van der Waals surface area contributed by atoms with Gasteiger partial charge < -0.3 is 10.2 Å². The van der Waals surface area contributed by atoms with E-state index in [2.05, 4.69) is 41.7 Å². The van der Waals surface area contributed by atoms with E-state index >= 15 is 0 Å². The van der Waals surface area contributed by atoms with Gasteiger partial charge in [-0.15, -0.1) is 0 Å². The van der Waals surface area contributed by atoms with E-state index in [1.54, 1.807) is 0 Å². The van der Waals surface area contributed by atoms with Crippen molar-refractivity contribution in [1.29, 1.82) is 0 Å². The molecule has 1 saturated carbocycles. The molecule has 1 aliphatic heterocycles. The van der Waals surface area contributed by atoms with Crippen molar-refractivity contribution < 1.29 is 9.63 Å². The number of hydrogen-bond acceptors (Lipinski definition) is 3. The molecule has 1 N–H and O–H groups in total. The maximum absolute atomic E-state index is 12.2. The third kappa shape index (κ3) is 2.84. The van der Waals surface area contributed by atoms with Gasteiger partial charge in [-0.2, -0.15) is 0 Å². The number of nitrogens with zero attached hydrogens (tertiary/aromatic N) is 1. The highest BCUT2D eigenvalue weighted by molar-refractivity contribution is 5.91. The Morgan fingerprint density at radius 2 is 2.25 bits per heavy atom. The Morgan fingerprint density at radius 1 is 1.45 bits per heavy atom. The van der Waals surface area contributed by atoms with Crippen LogP contribution in [0.25, 0.3) is 0 Å². The van der Waals surface area contributed by atoms with Crippen LogP contribution in [0.2, 0.25) is 0 Å². The molecule has 0 saturated heterocycles. The predicted molar refractivity (Wildman–Crippen MR) is 77.6 cm³/mol. The van der Waals surface area contributed by atoms with Crippen LogP contribution >= 0.6 is 0 Å². The highest BCUT2D eigenvalue weighted by Gasteiger charge is 2.45. The van der Waals surface area contributed by atoms with Gasteiger partial charge >= 0.3 is 0 Å². The Hall–Kier alpha value is -1.84. The molecular weight excluding hydrogens is 252 g/mol. The van der Waals surface area contributed by atoms with Crippen LogP contribution in [-0.2, 0) is 16.1 Å². The minimum Gasteiger partial charge on any atom is -0.382 e. The maximum atomic E-state index is 12.2. The second kappa shape index (κ2) is 4.93. The van der Waals surface area contributed by atoms with Gasteiger partial charge in [0.1, 0.15) is 0 Å². The van der Waals surface area contributed by atoms with Crippen LogP contribution in [0.4, 0.5) is 0 Å². The van der Waals surface area contributed by atoms with E-state index in [4.69, 9.17) is 4.84 Å². The molecule has 20 heavy (non-hydrogen) atoms. The van der Waals surface area contributed by atoms with Crippen LogP contribution in [0.1, 0.15) is 37.3 Å². The van der Waals surface area contributed by atoms with E-state index < -0.39 is 6.10 Å². The molecule has 0 unspecified atom stereocenters. The van der Waals surface area contributed by atoms with Gasteiger partial charge in [0.15, 0.2) is 0 Å². The van der Waals surface area contributed by atoms with Gasteiger partial charge in [0.25, 0.3) is 5.91 Å². The largest absolute Gasteiger partial charge is 0.382 e. The summed E-state index contributed by atoms with van der Waals surface area (Å²) >= 11 is 0. The summed E-state index contributed by atoms with van der Waals surface area (Å²) in [5.74, 6) is -0.0317. The number of aryl methyl sites for hydroxylation is 1. The number of amides is 1. The molecule has 1 aliphatic carbocycles. The predicted octanol–water partition coefficient (Wildman–Crippen LogP) is 2.35. The molecule has 4 heteroatoms. The van der Waals surface area contributed by atoms with Crippen LogP contribution in [-0.4, -0.2) is 23.3 Å². The van der Waals surface area contributed by atoms with Gasteiger partial charge in [-0.25, -0.2) is 0 Å². The first-order valence-corrected chi connectivity index (χ1v) is 7.13. The summed E-state index contributed by atoms with van der Waals surface area (Å²) in [6.45, 7) is 3.97. The smallest absolute Gasteiger partial charge is 0.264 e. The number of oxime groups is 1. The number of benzene rings is 1. The van der Waals surface area contributed by atoms with Crippen LogP contribution in [0.5, 0.6) is 0 Å². The van der Waals surface area contributed by atoms with Crippen molar-refractivity contribution in [2.75, 3.05) is 0 Å². The van der Waals surface area contributed by atoms with E-state index in [0.717, 1.165) is 25.0 Å². The first-order chi connectivity index (χ1) is 9.56. The molecule has 1 aromatic carbocycles. The summed E-state index contributed by atoms with van der Waals surface area (Å²) in [7, 11) is 0. The molecular formula is C16H20N2O2. The number of carbonyl (C=O) groups is 1. The zero-order chi connectivity index (χ0) is 14.2. The number of nitrogens with one attached hydrogen (secondary N) is 1. The topological polar surface area (TPSA) is 50.7 Å². The SMILES string of the molecule is CC1=NO[C@@H](C(=O)NC2(Cc3cccc(C)c3)CC2)C1. The monoisotopic (exact) mass is 272 g/mol. The Labute approximate surface area is 119 Å². The lowest BCUT2D eigenvalue weighted by Crippen LogP contribution is -2.44. The molecule has 1 fully saturated rings. The summed E-state index contributed by atoms with van der Waals surface area (Å²) < 4.78 is 0. The van der Waals surface area contributed by atoms with Crippen molar-refractivity contribution in [3.63, 3.8) is 0 Å². The Bertz CT molecular complexity index is 561. The van der Waals surface area contributed by atoms with Gasteiger partial charge in [-0.1, -0.05) is 35.0 Å². The third-order valence-electron chi connectivity index (χ3n) is 3.98. The molecule has 2 aliphatic rings. The van der Waals surface area contributed by atoms with Gasteiger partial charge in [-0.05, 0) is 38.7 Å². The second-order valence-electron chi connectivity index (χ2n) is 6.06. The van der Waals surface area contributed by atoms with Crippen molar-refractivity contribution >= 4 is 11.6 Å². The van der Waals surface area contributed by atoms with E-state index in [-0.39, 0.29) is 11.4 Å². The standard InChI is InChI=1S/C16H20N2O2/c1-11-4-3-5-13(8-11)10-16(6-7-16)17-15(19)14-9-12(2)18-20-14/h3-5,8,14H,6-7,9-10H2,1-2H3,(H,17,19)/t14-/m1/s1. The van der Waals surface area contributed by atoms with Gasteiger partial charge in [0, 0.05) is 12.0 Å². The molecule has 0 aromatic heterocycles. The van der Waals surface area contributed by atoms with E-state index in [1.807, 2.05) is 6.92 Å². The van der Waals surface area contributed by atoms with Gasteiger partial charge in [-0.3, -0.25) is 4.79 Å². The lowest BCUT2D eigenvalue weighted by molar-refractivity contribution is -0.132. The van der Waals surface area contributed by atoms with E-state index in [9.17, 15) is 4.79 Å². The molecule has 0 radical (unpaired) electrons. The molecule has 0 spiro atoms. The zero-order valence-corrected chi connectivity index (χ0v) is 12.0. The fraction of sp³-hybridized carbons (Fsp3) is 0.500. The molecule has 106 valence electrons. The normalized spacial score (nSPS) is 22.9. The molecule has 1 atom stereocenters. The fourth-order valence-electron chi connectivity index (χ4n) is 2.69. The van der Waals surface area contributed by atoms with Gasteiger partial charge in [0.2, 0.25) is 6.10 Å². The summed E-state index contributed by atoms with van der Waals surface area (Å²) in [5, 5.41) is 7.00. The molecule has 0 bridgehead atoms. The van der Waals surface area contributed by atoms with Crippen LogP contribution < -0.4 is 5.32 Å². The van der Waals surface area contributed by atoms with E-state index in [0.29, 0.717) is 6.42 Å². The van der Waals surface area contributed by atoms with Crippen molar-refractivity contribution in [1.82, 2.24) is 5.32 Å². The number of carbonyl (C=O) groups excluding carboxylic acids is 1. The van der Waals surface area contributed by atoms with Gasteiger partial charge in [0.05, 0.1) is 5.71 Å². The quantitative estimate of drug-likeness (QED) is 0.914. The second-order valence-corrected chi connectivity index (χ2v) is 6.06. The third-order valence-corrected chi connectivity index (χ3v) is 3.98. The highest BCUT2D eigenvalue weighted by atomic mass is 16.6.